The van der Waals surface area contributed by atoms with Gasteiger partial charge in [-0.05, 0) is 45.1 Å². The highest BCUT2D eigenvalue weighted by atomic mass is 16.5. The predicted molar refractivity (Wildman–Crippen MR) is 69.4 cm³/mol. The maximum atomic E-state index is 12.5. The van der Waals surface area contributed by atoms with Gasteiger partial charge in [-0.2, -0.15) is 5.10 Å². The zero-order chi connectivity index (χ0) is 13.0. The molecule has 18 heavy (non-hydrogen) atoms. The van der Waals surface area contributed by atoms with Gasteiger partial charge >= 0.3 is 0 Å². The number of carbonyl (C=O) groups is 1. The molecule has 4 nitrogen and oxygen atoms in total. The van der Waals surface area contributed by atoms with Gasteiger partial charge in [-0.25, -0.2) is 0 Å². The van der Waals surface area contributed by atoms with E-state index < -0.39 is 5.60 Å². The molecule has 1 aromatic heterocycles. The van der Waals surface area contributed by atoms with Gasteiger partial charge in [0.2, 0.25) is 0 Å². The fraction of sp³-hybridized carbons (Fsp3) is 0.714. The van der Waals surface area contributed by atoms with Crippen molar-refractivity contribution in [2.45, 2.75) is 58.1 Å². The fourth-order valence-corrected chi connectivity index (χ4v) is 2.74. The molecule has 2 rings (SSSR count). The first-order chi connectivity index (χ1) is 8.70. The molecule has 100 valence electrons. The number of aryl methyl sites for hydroxylation is 1. The first kappa shape index (κ1) is 13.3. The summed E-state index contributed by atoms with van der Waals surface area (Å²) in [5.41, 5.74) is 0.483. The first-order valence-corrected chi connectivity index (χ1v) is 6.89. The average Bonchev–Trinajstić information content (AvgIpc) is 2.99. The number of ether oxygens (including phenoxy) is 1. The van der Waals surface area contributed by atoms with Crippen LogP contribution < -0.4 is 0 Å². The lowest BCUT2D eigenvalue weighted by atomic mass is 9.92. The Labute approximate surface area is 108 Å². The number of rotatable bonds is 6. The van der Waals surface area contributed by atoms with Gasteiger partial charge in [0, 0.05) is 25.8 Å². The lowest BCUT2D eigenvalue weighted by Crippen LogP contribution is -2.39. The first-order valence-electron chi connectivity index (χ1n) is 6.89. The van der Waals surface area contributed by atoms with Gasteiger partial charge in [0.05, 0.1) is 6.20 Å². The van der Waals surface area contributed by atoms with Crippen molar-refractivity contribution in [2.24, 2.45) is 0 Å². The summed E-state index contributed by atoms with van der Waals surface area (Å²) in [6.07, 6.45) is 8.13. The van der Waals surface area contributed by atoms with Crippen LogP contribution in [0.2, 0.25) is 0 Å². The minimum atomic E-state index is -0.511. The summed E-state index contributed by atoms with van der Waals surface area (Å²) in [7, 11) is 0. The predicted octanol–water partition coefficient (Wildman–Crippen LogP) is 2.36. The smallest absolute Gasteiger partial charge is 0.169 e. The van der Waals surface area contributed by atoms with E-state index in [2.05, 4.69) is 5.10 Å². The molecule has 1 aromatic rings. The summed E-state index contributed by atoms with van der Waals surface area (Å²) >= 11 is 0. The summed E-state index contributed by atoms with van der Waals surface area (Å²) in [5.74, 6) is 0.220. The molecule has 0 N–H and O–H groups in total. The Morgan fingerprint density at radius 3 is 2.72 bits per heavy atom. The van der Waals surface area contributed by atoms with Gasteiger partial charge < -0.3 is 4.74 Å². The Kier molecular flexibility index (Phi) is 4.17. The second-order valence-corrected chi connectivity index (χ2v) is 4.94. The minimum Gasteiger partial charge on any atom is -0.367 e. The van der Waals surface area contributed by atoms with Gasteiger partial charge in [-0.1, -0.05) is 0 Å². The second-order valence-electron chi connectivity index (χ2n) is 4.94. The number of nitrogens with zero attached hydrogens (tertiary/aromatic N) is 2. The molecule has 1 fully saturated rings. The molecule has 0 aromatic carbocycles. The molecule has 0 unspecified atom stereocenters. The van der Waals surface area contributed by atoms with E-state index in [1.807, 2.05) is 24.7 Å². The van der Waals surface area contributed by atoms with Crippen LogP contribution in [0.5, 0.6) is 0 Å². The lowest BCUT2D eigenvalue weighted by molar-refractivity contribution is -0.142. The summed E-state index contributed by atoms with van der Waals surface area (Å²) in [5, 5.41) is 4.21. The fourth-order valence-electron chi connectivity index (χ4n) is 2.74. The van der Waals surface area contributed by atoms with Crippen molar-refractivity contribution >= 4 is 5.78 Å². The van der Waals surface area contributed by atoms with Gasteiger partial charge in [0.1, 0.15) is 5.60 Å². The van der Waals surface area contributed by atoms with E-state index in [-0.39, 0.29) is 5.78 Å². The van der Waals surface area contributed by atoms with Crippen LogP contribution >= 0.6 is 0 Å². The van der Waals surface area contributed by atoms with Gasteiger partial charge in [0.25, 0.3) is 0 Å². The molecule has 0 amide bonds. The number of aromatic nitrogens is 2. The van der Waals surface area contributed by atoms with Crippen molar-refractivity contribution in [3.63, 3.8) is 0 Å². The van der Waals surface area contributed by atoms with Crippen LogP contribution in [0.3, 0.4) is 0 Å². The maximum absolute atomic E-state index is 12.5. The number of hydrogen-bond acceptors (Lipinski definition) is 3. The third kappa shape index (κ3) is 2.64. The Morgan fingerprint density at radius 1 is 1.44 bits per heavy atom. The third-order valence-corrected chi connectivity index (χ3v) is 3.72. The molecule has 1 heterocycles. The second kappa shape index (κ2) is 5.65. The van der Waals surface area contributed by atoms with Crippen LogP contribution in [0.25, 0.3) is 0 Å². The molecule has 0 saturated heterocycles. The summed E-state index contributed by atoms with van der Waals surface area (Å²) in [6.45, 7) is 5.45. The minimum absolute atomic E-state index is 0.220. The number of Topliss-reactive ketones (excluding diaryl/α,β-unsaturated/α-hetero) is 1. The molecule has 1 saturated carbocycles. The molecular formula is C14H22N2O2. The van der Waals surface area contributed by atoms with Crippen LogP contribution in [-0.4, -0.2) is 27.8 Å². The molecule has 0 aliphatic heterocycles. The van der Waals surface area contributed by atoms with E-state index in [0.717, 1.165) is 37.8 Å². The van der Waals surface area contributed by atoms with Crippen LogP contribution in [-0.2, 0) is 22.5 Å². The van der Waals surface area contributed by atoms with E-state index in [0.29, 0.717) is 13.0 Å². The van der Waals surface area contributed by atoms with Gasteiger partial charge in [-0.15, -0.1) is 0 Å². The molecule has 1 aliphatic carbocycles. The normalized spacial score (nSPS) is 18.1. The van der Waals surface area contributed by atoms with E-state index in [9.17, 15) is 4.79 Å². The van der Waals surface area contributed by atoms with Gasteiger partial charge in [-0.3, -0.25) is 9.48 Å². The van der Waals surface area contributed by atoms with Crippen LogP contribution in [0.4, 0.5) is 0 Å². The Hall–Kier alpha value is -1.16. The summed E-state index contributed by atoms with van der Waals surface area (Å²) < 4.78 is 7.63. The zero-order valence-corrected chi connectivity index (χ0v) is 11.3. The van der Waals surface area contributed by atoms with E-state index in [1.165, 1.54) is 0 Å². The number of carbonyl (C=O) groups excluding carboxylic acids is 1. The van der Waals surface area contributed by atoms with Crippen molar-refractivity contribution < 1.29 is 9.53 Å². The van der Waals surface area contributed by atoms with E-state index in [4.69, 9.17) is 4.74 Å². The molecule has 4 heteroatoms. The monoisotopic (exact) mass is 250 g/mol. The zero-order valence-electron chi connectivity index (χ0n) is 11.3. The molecule has 1 aliphatic rings. The molecule has 0 atom stereocenters. The highest BCUT2D eigenvalue weighted by Crippen LogP contribution is 2.34. The van der Waals surface area contributed by atoms with Crippen LogP contribution in [0, 0.1) is 0 Å². The van der Waals surface area contributed by atoms with Crippen molar-refractivity contribution in [1.29, 1.82) is 0 Å². The topological polar surface area (TPSA) is 44.1 Å². The van der Waals surface area contributed by atoms with E-state index in [1.54, 1.807) is 6.20 Å². The molecule has 0 bridgehead atoms. The average molecular weight is 250 g/mol. The standard InChI is InChI=1S/C14H22N2O2/c1-3-16-11-12(10-15-16)9-13(17)14(18-4-2)7-5-6-8-14/h10-11H,3-9H2,1-2H3. The molecule has 0 radical (unpaired) electrons. The summed E-state index contributed by atoms with van der Waals surface area (Å²) in [6, 6.07) is 0. The van der Waals surface area contributed by atoms with Crippen molar-refractivity contribution in [3.8, 4) is 0 Å². The van der Waals surface area contributed by atoms with Crippen molar-refractivity contribution in [2.75, 3.05) is 6.61 Å². The Bertz CT molecular complexity index is 406. The molecular weight excluding hydrogens is 228 g/mol. The maximum Gasteiger partial charge on any atom is 0.169 e. The van der Waals surface area contributed by atoms with E-state index >= 15 is 0 Å². The largest absolute Gasteiger partial charge is 0.367 e. The Morgan fingerprint density at radius 2 is 2.17 bits per heavy atom. The summed E-state index contributed by atoms with van der Waals surface area (Å²) in [4.78, 5) is 12.5. The molecule has 0 spiro atoms. The number of ketones is 1. The quantitative estimate of drug-likeness (QED) is 0.778. The highest BCUT2D eigenvalue weighted by molar-refractivity contribution is 5.89. The van der Waals surface area contributed by atoms with Crippen molar-refractivity contribution in [1.82, 2.24) is 9.78 Å². The van der Waals surface area contributed by atoms with Crippen LogP contribution in [0.1, 0.15) is 45.1 Å². The van der Waals surface area contributed by atoms with Gasteiger partial charge in [0.15, 0.2) is 5.78 Å². The lowest BCUT2D eigenvalue weighted by Gasteiger charge is -2.27. The third-order valence-electron chi connectivity index (χ3n) is 3.72. The number of hydrogen-bond donors (Lipinski definition) is 0. The SMILES string of the molecule is CCOC1(C(=O)Cc2cnn(CC)c2)CCCC1. The van der Waals surface area contributed by atoms with Crippen molar-refractivity contribution in [3.05, 3.63) is 18.0 Å². The van der Waals surface area contributed by atoms with Crippen LogP contribution in [0.15, 0.2) is 12.4 Å². The highest BCUT2D eigenvalue weighted by Gasteiger charge is 2.41. The Balaban J connectivity index is 2.05.